The van der Waals surface area contributed by atoms with Gasteiger partial charge in [0.15, 0.2) is 0 Å². The van der Waals surface area contributed by atoms with Crippen molar-refractivity contribution >= 4 is 70.9 Å². The van der Waals surface area contributed by atoms with Crippen LogP contribution in [0.5, 0.6) is 0 Å². The number of hydrogen-bond acceptors (Lipinski definition) is 7. The summed E-state index contributed by atoms with van der Waals surface area (Å²) < 4.78 is 16.5. The number of carbonyl (C=O) groups is 1. The Morgan fingerprint density at radius 2 is 1.86 bits per heavy atom. The topological polar surface area (TPSA) is 109 Å². The summed E-state index contributed by atoms with van der Waals surface area (Å²) in [5.41, 5.74) is 1.72. The van der Waals surface area contributed by atoms with E-state index in [2.05, 4.69) is 37.1 Å². The molecule has 5 rings (SSSR count). The highest BCUT2D eigenvalue weighted by Gasteiger charge is 2.25. The summed E-state index contributed by atoms with van der Waals surface area (Å²) in [5, 5.41) is 13.0. The molecular weight excluding hydrogens is 544 g/mol. The Morgan fingerprint density at radius 1 is 1.16 bits per heavy atom. The standard InChI is InChI=1S/C24H23ClFN7O2.2ClH/c1-2-14-10-27-24(28-11-14)32-7-5-16(6-8-32)33-12-17(25)20-21(29-13-30-22(20)33)31-19-4-3-15(23(34)35)9-18(19)26;;/h3-4,9-13,16H,2,5-8H2,1H3,(H,34,35)(H,29,30,31);2*1H. The Bertz CT molecular complexity index is 1390. The summed E-state index contributed by atoms with van der Waals surface area (Å²) in [6.45, 7) is 3.67. The number of hydrogen-bond donors (Lipinski definition) is 2. The molecule has 0 unspecified atom stereocenters. The van der Waals surface area contributed by atoms with Gasteiger partial charge in [0.2, 0.25) is 5.95 Å². The Labute approximate surface area is 229 Å². The predicted molar refractivity (Wildman–Crippen MR) is 146 cm³/mol. The summed E-state index contributed by atoms with van der Waals surface area (Å²) in [6.07, 6.45) is 9.60. The van der Waals surface area contributed by atoms with Crippen LogP contribution >= 0.6 is 36.4 Å². The number of aromatic carboxylic acids is 1. The molecular formula is C24H25Cl3FN7O2. The zero-order valence-electron chi connectivity index (χ0n) is 19.8. The number of carboxylic acids is 1. The second-order valence-corrected chi connectivity index (χ2v) is 8.80. The van der Waals surface area contributed by atoms with Crippen LogP contribution in [0.2, 0.25) is 5.02 Å². The maximum absolute atomic E-state index is 14.5. The van der Waals surface area contributed by atoms with Gasteiger partial charge in [-0.2, -0.15) is 0 Å². The van der Waals surface area contributed by atoms with Gasteiger partial charge >= 0.3 is 5.97 Å². The highest BCUT2D eigenvalue weighted by Crippen LogP contribution is 2.36. The molecule has 0 bridgehead atoms. The maximum atomic E-state index is 14.5. The molecule has 2 N–H and O–H groups in total. The first-order valence-electron chi connectivity index (χ1n) is 11.3. The van der Waals surface area contributed by atoms with Crippen LogP contribution in [0, 0.1) is 5.82 Å². The van der Waals surface area contributed by atoms with E-state index in [-0.39, 0.29) is 42.1 Å². The van der Waals surface area contributed by atoms with Crippen LogP contribution in [-0.2, 0) is 6.42 Å². The summed E-state index contributed by atoms with van der Waals surface area (Å²) in [4.78, 5) is 31.0. The fraction of sp³-hybridized carbons (Fsp3) is 0.292. The largest absolute Gasteiger partial charge is 0.478 e. The average molecular weight is 569 g/mol. The molecule has 0 radical (unpaired) electrons. The minimum absolute atomic E-state index is 0. The van der Waals surface area contributed by atoms with E-state index in [0.29, 0.717) is 21.9 Å². The number of benzene rings is 1. The lowest BCUT2D eigenvalue weighted by atomic mass is 10.1. The van der Waals surface area contributed by atoms with Crippen molar-refractivity contribution in [3.05, 3.63) is 65.1 Å². The van der Waals surface area contributed by atoms with Crippen molar-refractivity contribution < 1.29 is 14.3 Å². The van der Waals surface area contributed by atoms with Crippen molar-refractivity contribution in [2.45, 2.75) is 32.2 Å². The third kappa shape index (κ3) is 5.71. The molecule has 13 heteroatoms. The molecule has 4 aromatic rings. The molecule has 0 amide bonds. The van der Waals surface area contributed by atoms with Crippen molar-refractivity contribution in [1.82, 2.24) is 24.5 Å². The number of fused-ring (bicyclic) bond motifs is 1. The Balaban J connectivity index is 0.00000190. The number of aromatic nitrogens is 5. The lowest BCUT2D eigenvalue weighted by Crippen LogP contribution is -2.35. The van der Waals surface area contributed by atoms with Crippen molar-refractivity contribution in [3.8, 4) is 0 Å². The molecule has 37 heavy (non-hydrogen) atoms. The van der Waals surface area contributed by atoms with Crippen LogP contribution in [0.25, 0.3) is 11.0 Å². The number of carboxylic acid groups (broad SMARTS) is 1. The van der Waals surface area contributed by atoms with Crippen LogP contribution in [0.15, 0.2) is 43.1 Å². The van der Waals surface area contributed by atoms with E-state index in [9.17, 15) is 9.18 Å². The predicted octanol–water partition coefficient (Wildman–Crippen LogP) is 5.70. The first kappa shape index (κ1) is 28.4. The van der Waals surface area contributed by atoms with Gasteiger partial charge in [-0.3, -0.25) is 0 Å². The Hall–Kier alpha value is -3.21. The number of nitrogens with one attached hydrogen (secondary N) is 1. The van der Waals surface area contributed by atoms with Crippen molar-refractivity contribution in [3.63, 3.8) is 0 Å². The van der Waals surface area contributed by atoms with Crippen LogP contribution in [0.1, 0.15) is 41.7 Å². The van der Waals surface area contributed by atoms with Gasteiger partial charge in [0.25, 0.3) is 0 Å². The fourth-order valence-electron chi connectivity index (χ4n) is 4.33. The highest BCUT2D eigenvalue weighted by atomic mass is 35.5. The molecule has 4 heterocycles. The number of nitrogens with zero attached hydrogens (tertiary/aromatic N) is 6. The van der Waals surface area contributed by atoms with Crippen LogP contribution in [0.4, 0.5) is 21.8 Å². The Morgan fingerprint density at radius 3 is 2.49 bits per heavy atom. The normalized spacial score (nSPS) is 13.6. The number of halogens is 4. The summed E-state index contributed by atoms with van der Waals surface area (Å²) in [7, 11) is 0. The van der Waals surface area contributed by atoms with Gasteiger partial charge in [-0.15, -0.1) is 24.8 Å². The lowest BCUT2D eigenvalue weighted by molar-refractivity contribution is 0.0696. The first-order chi connectivity index (χ1) is 16.9. The van der Waals surface area contributed by atoms with Gasteiger partial charge in [0.05, 0.1) is 21.7 Å². The molecule has 1 saturated heterocycles. The lowest BCUT2D eigenvalue weighted by Gasteiger charge is -2.32. The molecule has 1 aromatic carbocycles. The SMILES string of the molecule is CCc1cnc(N2CCC(n3cc(Cl)c4c(Nc5ccc(C(=O)O)cc5F)ncnc43)CC2)nc1.Cl.Cl. The molecule has 9 nitrogen and oxygen atoms in total. The van der Waals surface area contributed by atoms with Gasteiger partial charge in [0.1, 0.15) is 23.6 Å². The van der Waals surface area contributed by atoms with Gasteiger partial charge in [0, 0.05) is 37.7 Å². The zero-order valence-corrected chi connectivity index (χ0v) is 22.2. The van der Waals surface area contributed by atoms with E-state index in [0.717, 1.165) is 49.9 Å². The second kappa shape index (κ2) is 11.9. The smallest absolute Gasteiger partial charge is 0.335 e. The van der Waals surface area contributed by atoms with E-state index in [1.807, 2.05) is 23.2 Å². The number of rotatable bonds is 6. The third-order valence-electron chi connectivity index (χ3n) is 6.27. The Kier molecular flexibility index (Phi) is 9.12. The molecule has 1 fully saturated rings. The molecule has 0 saturated carbocycles. The van der Waals surface area contributed by atoms with Gasteiger partial charge in [-0.05, 0) is 43.0 Å². The summed E-state index contributed by atoms with van der Waals surface area (Å²) in [5.74, 6) is -0.812. The van der Waals surface area contributed by atoms with E-state index >= 15 is 0 Å². The average Bonchev–Trinajstić information content (AvgIpc) is 3.22. The molecule has 196 valence electrons. The first-order valence-corrected chi connectivity index (χ1v) is 11.7. The molecule has 1 aliphatic heterocycles. The van der Waals surface area contributed by atoms with Crippen molar-refractivity contribution in [2.24, 2.45) is 0 Å². The molecule has 1 aliphatic rings. The summed E-state index contributed by atoms with van der Waals surface area (Å²) >= 11 is 6.59. The number of aryl methyl sites for hydroxylation is 1. The van der Waals surface area contributed by atoms with Crippen LogP contribution in [0.3, 0.4) is 0 Å². The fourth-order valence-corrected chi connectivity index (χ4v) is 4.61. The molecule has 3 aromatic heterocycles. The van der Waals surface area contributed by atoms with Crippen molar-refractivity contribution in [2.75, 3.05) is 23.3 Å². The van der Waals surface area contributed by atoms with Gasteiger partial charge in [-0.1, -0.05) is 18.5 Å². The third-order valence-corrected chi connectivity index (χ3v) is 6.56. The number of piperidine rings is 1. The highest BCUT2D eigenvalue weighted by molar-refractivity contribution is 6.36. The molecule has 0 atom stereocenters. The van der Waals surface area contributed by atoms with Crippen molar-refractivity contribution in [1.29, 1.82) is 0 Å². The molecule has 0 spiro atoms. The van der Waals surface area contributed by atoms with Gasteiger partial charge < -0.3 is 19.9 Å². The minimum atomic E-state index is -1.20. The van der Waals surface area contributed by atoms with Gasteiger partial charge in [-0.25, -0.2) is 29.1 Å². The summed E-state index contributed by atoms with van der Waals surface area (Å²) in [6, 6.07) is 3.82. The molecule has 0 aliphatic carbocycles. The zero-order chi connectivity index (χ0) is 24.5. The van der Waals surface area contributed by atoms with E-state index in [4.69, 9.17) is 16.7 Å². The van der Waals surface area contributed by atoms with E-state index in [1.165, 1.54) is 18.5 Å². The monoisotopic (exact) mass is 567 g/mol. The minimum Gasteiger partial charge on any atom is -0.478 e. The number of anilines is 3. The van der Waals surface area contributed by atoms with E-state index in [1.54, 1.807) is 0 Å². The quantitative estimate of drug-likeness (QED) is 0.305. The van der Waals surface area contributed by atoms with E-state index < -0.39 is 11.8 Å². The van der Waals surface area contributed by atoms with Crippen LogP contribution in [-0.4, -0.2) is 48.7 Å². The maximum Gasteiger partial charge on any atom is 0.335 e. The second-order valence-electron chi connectivity index (χ2n) is 8.39. The van der Waals surface area contributed by atoms with Crippen LogP contribution < -0.4 is 10.2 Å².